The van der Waals surface area contributed by atoms with Gasteiger partial charge in [-0.25, -0.2) is 10.2 Å². The van der Waals surface area contributed by atoms with Gasteiger partial charge in [-0.05, 0) is 0 Å². The maximum absolute atomic E-state index is 12.1. The maximum Gasteiger partial charge on any atom is 0.327 e. The van der Waals surface area contributed by atoms with Gasteiger partial charge >= 0.3 is 5.97 Å². The molecule has 0 spiro atoms. The highest BCUT2D eigenvalue weighted by Gasteiger charge is 2.35. The number of amides is 2. The van der Waals surface area contributed by atoms with E-state index in [1.807, 2.05) is 0 Å². The average Bonchev–Trinajstić information content (AvgIpc) is 2.39. The van der Waals surface area contributed by atoms with E-state index in [9.17, 15) is 14.4 Å². The topological polar surface area (TPSA) is 99.1 Å². The van der Waals surface area contributed by atoms with Gasteiger partial charge in [0.15, 0.2) is 0 Å². The summed E-state index contributed by atoms with van der Waals surface area (Å²) in [6.07, 6.45) is 0.478. The van der Waals surface area contributed by atoms with E-state index in [4.69, 9.17) is 5.11 Å². The second-order valence-electron chi connectivity index (χ2n) is 4.02. The molecule has 1 unspecified atom stereocenters. The van der Waals surface area contributed by atoms with Crippen molar-refractivity contribution in [1.82, 2.24) is 10.3 Å². The highest BCUT2D eigenvalue weighted by molar-refractivity contribution is 7.99. The lowest BCUT2D eigenvalue weighted by atomic mass is 10.1. The summed E-state index contributed by atoms with van der Waals surface area (Å²) in [5.74, 6) is -0.509. The van der Waals surface area contributed by atoms with E-state index in [0.29, 0.717) is 12.3 Å². The van der Waals surface area contributed by atoms with Crippen molar-refractivity contribution in [1.29, 1.82) is 0 Å². The summed E-state index contributed by atoms with van der Waals surface area (Å²) in [7, 11) is 0. The number of carboxylic acids is 1. The number of rotatable bonds is 2. The van der Waals surface area contributed by atoms with Crippen LogP contribution in [0.25, 0.3) is 0 Å². The third-order valence-electron chi connectivity index (χ3n) is 2.83. The van der Waals surface area contributed by atoms with Gasteiger partial charge in [0.25, 0.3) is 5.91 Å². The minimum atomic E-state index is -1.00. The Morgan fingerprint density at radius 3 is 2.83 bits per heavy atom. The first-order valence-corrected chi connectivity index (χ1v) is 6.72. The Labute approximate surface area is 108 Å². The van der Waals surface area contributed by atoms with Gasteiger partial charge in [0.1, 0.15) is 11.8 Å². The molecule has 1 atom stereocenters. The molecule has 0 radical (unpaired) electrons. The van der Waals surface area contributed by atoms with Crippen molar-refractivity contribution in [3.8, 4) is 0 Å². The normalized spacial score (nSPS) is 24.2. The Hall–Kier alpha value is -1.57. The molecule has 0 aliphatic carbocycles. The molecule has 1 fully saturated rings. The standard InChI is InChI=1S/C10H13N3O4S/c14-8-2-1-6(11-12-8)9(15)13-3-4-18-5-7(13)10(16)17/h7H,1-5H2,(H,12,14)(H,16,17). The van der Waals surface area contributed by atoms with E-state index in [1.54, 1.807) is 0 Å². The number of nitrogens with one attached hydrogen (secondary N) is 1. The first kappa shape index (κ1) is 12.9. The fourth-order valence-corrected chi connectivity index (χ4v) is 2.88. The molecule has 18 heavy (non-hydrogen) atoms. The number of hydrazone groups is 1. The van der Waals surface area contributed by atoms with E-state index < -0.39 is 12.0 Å². The van der Waals surface area contributed by atoms with E-state index in [2.05, 4.69) is 10.5 Å². The maximum atomic E-state index is 12.1. The lowest BCUT2D eigenvalue weighted by molar-refractivity contribution is -0.146. The van der Waals surface area contributed by atoms with Crippen LogP contribution in [0.5, 0.6) is 0 Å². The smallest absolute Gasteiger partial charge is 0.327 e. The summed E-state index contributed by atoms with van der Waals surface area (Å²) in [4.78, 5) is 35.5. The summed E-state index contributed by atoms with van der Waals surface area (Å²) >= 11 is 1.52. The van der Waals surface area contributed by atoms with E-state index in [0.717, 1.165) is 5.75 Å². The zero-order valence-electron chi connectivity index (χ0n) is 9.59. The third kappa shape index (κ3) is 2.63. The second kappa shape index (κ2) is 5.38. The number of hydrogen-bond donors (Lipinski definition) is 2. The minimum absolute atomic E-state index is 0.213. The largest absolute Gasteiger partial charge is 0.480 e. The number of hydrogen-bond acceptors (Lipinski definition) is 5. The van der Waals surface area contributed by atoms with Crippen molar-refractivity contribution >= 4 is 35.3 Å². The molecule has 8 heteroatoms. The van der Waals surface area contributed by atoms with E-state index >= 15 is 0 Å². The fraction of sp³-hybridized carbons (Fsp3) is 0.600. The van der Waals surface area contributed by atoms with Crippen LogP contribution >= 0.6 is 11.8 Å². The Morgan fingerprint density at radius 2 is 2.22 bits per heavy atom. The van der Waals surface area contributed by atoms with Gasteiger partial charge in [0.05, 0.1) is 0 Å². The molecule has 2 amide bonds. The van der Waals surface area contributed by atoms with Crippen LogP contribution in [0, 0.1) is 0 Å². The van der Waals surface area contributed by atoms with Crippen LogP contribution < -0.4 is 5.43 Å². The SMILES string of the molecule is O=C1CCC(C(=O)N2CCSCC2C(=O)O)=NN1. The molecule has 98 valence electrons. The van der Waals surface area contributed by atoms with Crippen molar-refractivity contribution in [2.75, 3.05) is 18.1 Å². The molecule has 0 aromatic rings. The zero-order chi connectivity index (χ0) is 13.1. The second-order valence-corrected chi connectivity index (χ2v) is 5.17. The van der Waals surface area contributed by atoms with Crippen LogP contribution in [0.3, 0.4) is 0 Å². The van der Waals surface area contributed by atoms with Crippen molar-refractivity contribution < 1.29 is 19.5 Å². The van der Waals surface area contributed by atoms with Gasteiger partial charge in [0.2, 0.25) is 5.91 Å². The van der Waals surface area contributed by atoms with Crippen LogP contribution in [0.15, 0.2) is 5.10 Å². The molecule has 2 aliphatic heterocycles. The van der Waals surface area contributed by atoms with Gasteiger partial charge < -0.3 is 10.0 Å². The lowest BCUT2D eigenvalue weighted by Gasteiger charge is -2.33. The van der Waals surface area contributed by atoms with Crippen LogP contribution in [-0.4, -0.2) is 57.6 Å². The van der Waals surface area contributed by atoms with Crippen LogP contribution in [-0.2, 0) is 14.4 Å². The van der Waals surface area contributed by atoms with Crippen molar-refractivity contribution in [3.63, 3.8) is 0 Å². The molecule has 0 saturated carbocycles. The molecule has 1 saturated heterocycles. The van der Waals surface area contributed by atoms with Crippen molar-refractivity contribution in [2.24, 2.45) is 5.10 Å². The number of nitrogens with zero attached hydrogens (tertiary/aromatic N) is 2. The zero-order valence-corrected chi connectivity index (χ0v) is 10.4. The first-order valence-electron chi connectivity index (χ1n) is 5.56. The lowest BCUT2D eigenvalue weighted by Crippen LogP contribution is -2.53. The molecule has 2 rings (SSSR count). The molecule has 2 heterocycles. The number of carbonyl (C=O) groups excluding carboxylic acids is 2. The number of aliphatic carboxylic acids is 1. The average molecular weight is 271 g/mol. The summed E-state index contributed by atoms with van der Waals surface area (Å²) in [6, 6.07) is -0.809. The Kier molecular flexibility index (Phi) is 3.85. The quantitative estimate of drug-likeness (QED) is 0.690. The number of carboxylic acid groups (broad SMARTS) is 1. The molecule has 0 bridgehead atoms. The highest BCUT2D eigenvalue weighted by Crippen LogP contribution is 2.18. The Balaban J connectivity index is 2.11. The number of carbonyl (C=O) groups is 3. The van der Waals surface area contributed by atoms with Gasteiger partial charge in [-0.2, -0.15) is 16.9 Å². The predicted molar refractivity (Wildman–Crippen MR) is 65.3 cm³/mol. The first-order chi connectivity index (χ1) is 8.59. The molecule has 2 aliphatic rings. The summed E-state index contributed by atoms with van der Waals surface area (Å²) < 4.78 is 0. The predicted octanol–water partition coefficient (Wildman–Crippen LogP) is -0.719. The molecule has 2 N–H and O–H groups in total. The Morgan fingerprint density at radius 1 is 1.44 bits per heavy atom. The van der Waals surface area contributed by atoms with Crippen molar-refractivity contribution in [3.05, 3.63) is 0 Å². The molecule has 7 nitrogen and oxygen atoms in total. The van der Waals surface area contributed by atoms with Gasteiger partial charge in [-0.1, -0.05) is 0 Å². The Bertz CT molecular complexity index is 423. The monoisotopic (exact) mass is 271 g/mol. The molecule has 0 aromatic heterocycles. The molecular weight excluding hydrogens is 258 g/mol. The van der Waals surface area contributed by atoms with Gasteiger partial charge in [0, 0.05) is 30.9 Å². The van der Waals surface area contributed by atoms with Crippen molar-refractivity contribution in [2.45, 2.75) is 18.9 Å². The van der Waals surface area contributed by atoms with E-state index in [-0.39, 0.29) is 30.4 Å². The summed E-state index contributed by atoms with van der Waals surface area (Å²) in [6.45, 7) is 0.396. The summed E-state index contributed by atoms with van der Waals surface area (Å²) in [5.41, 5.74) is 2.47. The van der Waals surface area contributed by atoms with Crippen LogP contribution in [0.1, 0.15) is 12.8 Å². The van der Waals surface area contributed by atoms with Gasteiger partial charge in [-0.15, -0.1) is 0 Å². The van der Waals surface area contributed by atoms with Crippen LogP contribution in [0.2, 0.25) is 0 Å². The molecule has 0 aromatic carbocycles. The third-order valence-corrected chi connectivity index (χ3v) is 3.85. The van der Waals surface area contributed by atoms with Crippen LogP contribution in [0.4, 0.5) is 0 Å². The highest BCUT2D eigenvalue weighted by atomic mass is 32.2. The minimum Gasteiger partial charge on any atom is -0.480 e. The number of thioether (sulfide) groups is 1. The molecular formula is C10H13N3O4S. The fourth-order valence-electron chi connectivity index (χ4n) is 1.85. The summed E-state index contributed by atoms with van der Waals surface area (Å²) in [5, 5.41) is 12.8. The van der Waals surface area contributed by atoms with E-state index in [1.165, 1.54) is 16.7 Å². The van der Waals surface area contributed by atoms with Gasteiger partial charge in [-0.3, -0.25) is 9.59 Å².